The number of likely N-dealkylation sites (N-methyl/N-ethyl adjacent to an activating group) is 1. The molecule has 0 spiro atoms. The molecule has 6 heteroatoms. The van der Waals surface area contributed by atoms with Gasteiger partial charge in [0.2, 0.25) is 0 Å². The minimum absolute atomic E-state index is 0.0183. The van der Waals surface area contributed by atoms with Crippen molar-refractivity contribution in [3.05, 3.63) is 82.0 Å². The second kappa shape index (κ2) is 11.2. The predicted molar refractivity (Wildman–Crippen MR) is 150 cm³/mol. The Balaban J connectivity index is 1.44. The minimum atomic E-state index is -0.0546. The standard InChI is InChI=1S/C31H40N4O2/c1-4-33-14-16-34(17-15-33)28-13-12-27-11-8-22(2)29(19-30(37)35(27)20-28)25-7-5-6-24-10-9-23(3)32-31(24)26(18-25)21-36/h7,11-13,18-20,22,36H,4-6,8-10,14-17,21H2,1-3H3/b25-7?,26-18?,27-11?,29-19+. The highest BCUT2D eigenvalue weighted by Gasteiger charge is 2.26. The molecule has 1 N–H and O–H groups in total. The van der Waals surface area contributed by atoms with Crippen molar-refractivity contribution in [2.24, 2.45) is 10.9 Å². The number of hydrogen-bond donors (Lipinski definition) is 1. The summed E-state index contributed by atoms with van der Waals surface area (Å²) in [6.07, 6.45) is 19.3. The molecule has 0 aromatic heterocycles. The number of aliphatic hydroxyl groups is 1. The Hall–Kier alpha value is -2.96. The Morgan fingerprint density at radius 1 is 1.03 bits per heavy atom. The van der Waals surface area contributed by atoms with Gasteiger partial charge in [0, 0.05) is 55.4 Å². The number of allylic oxidation sites excluding steroid dienone is 8. The maximum absolute atomic E-state index is 13.7. The zero-order valence-electron chi connectivity index (χ0n) is 22.5. The number of aliphatic hydroxyl groups excluding tert-OH is 1. The van der Waals surface area contributed by atoms with E-state index in [1.807, 2.05) is 17.2 Å². The molecule has 4 heterocycles. The molecule has 0 saturated carbocycles. The van der Waals surface area contributed by atoms with E-state index in [1.165, 1.54) is 5.57 Å². The number of rotatable bonds is 4. The van der Waals surface area contributed by atoms with Crippen molar-refractivity contribution in [2.45, 2.75) is 52.9 Å². The fraction of sp³-hybridized carbons (Fsp3) is 0.484. The van der Waals surface area contributed by atoms with Crippen LogP contribution >= 0.6 is 0 Å². The van der Waals surface area contributed by atoms with Gasteiger partial charge < -0.3 is 14.9 Å². The fourth-order valence-electron chi connectivity index (χ4n) is 5.86. The molecule has 1 fully saturated rings. The summed E-state index contributed by atoms with van der Waals surface area (Å²) >= 11 is 0. The van der Waals surface area contributed by atoms with Crippen LogP contribution in [0.2, 0.25) is 0 Å². The predicted octanol–water partition coefficient (Wildman–Crippen LogP) is 4.86. The molecular weight excluding hydrogens is 460 g/mol. The molecule has 1 amide bonds. The summed E-state index contributed by atoms with van der Waals surface area (Å²) < 4.78 is 0. The van der Waals surface area contributed by atoms with E-state index in [2.05, 4.69) is 61.0 Å². The van der Waals surface area contributed by atoms with Crippen molar-refractivity contribution in [3.8, 4) is 0 Å². The van der Waals surface area contributed by atoms with Crippen LogP contribution in [0.4, 0.5) is 0 Å². The van der Waals surface area contributed by atoms with Crippen LogP contribution in [-0.4, -0.2) is 70.8 Å². The molecule has 1 aliphatic carbocycles. The van der Waals surface area contributed by atoms with E-state index >= 15 is 0 Å². The van der Waals surface area contributed by atoms with Gasteiger partial charge in [0.25, 0.3) is 5.91 Å². The summed E-state index contributed by atoms with van der Waals surface area (Å²) in [6, 6.07) is 0. The second-order valence-electron chi connectivity index (χ2n) is 10.7. The summed E-state index contributed by atoms with van der Waals surface area (Å²) in [5, 5.41) is 10.3. The third kappa shape index (κ3) is 5.51. The number of carbonyl (C=O) groups excluding carboxylic acids is 1. The van der Waals surface area contributed by atoms with E-state index in [0.717, 1.165) is 104 Å². The molecule has 5 aliphatic rings. The van der Waals surface area contributed by atoms with Gasteiger partial charge in [-0.1, -0.05) is 26.0 Å². The van der Waals surface area contributed by atoms with E-state index in [9.17, 15) is 9.90 Å². The third-order valence-corrected chi connectivity index (χ3v) is 8.25. The average Bonchev–Trinajstić information content (AvgIpc) is 2.91. The molecule has 37 heavy (non-hydrogen) atoms. The van der Waals surface area contributed by atoms with Gasteiger partial charge >= 0.3 is 0 Å². The SMILES string of the molecule is CCN1CCN(C2=CN3C(=O)/C=C(/C4=CCCC5=C(N=C(C)CC5)C(CO)=C4)C(C)CC=C3C=C2)CC1. The molecule has 0 aromatic carbocycles. The van der Waals surface area contributed by atoms with Gasteiger partial charge in [0.1, 0.15) is 0 Å². The van der Waals surface area contributed by atoms with E-state index < -0.39 is 0 Å². The topological polar surface area (TPSA) is 59.4 Å². The van der Waals surface area contributed by atoms with E-state index in [4.69, 9.17) is 4.99 Å². The van der Waals surface area contributed by atoms with Crippen LogP contribution < -0.4 is 0 Å². The highest BCUT2D eigenvalue weighted by Crippen LogP contribution is 2.36. The molecule has 1 atom stereocenters. The average molecular weight is 501 g/mol. The minimum Gasteiger partial charge on any atom is -0.392 e. The lowest BCUT2D eigenvalue weighted by Gasteiger charge is -2.38. The summed E-state index contributed by atoms with van der Waals surface area (Å²) in [5.74, 6) is 0.168. The Labute approximate surface area is 221 Å². The summed E-state index contributed by atoms with van der Waals surface area (Å²) in [5.41, 5.74) is 8.39. The van der Waals surface area contributed by atoms with Crippen LogP contribution in [0, 0.1) is 5.92 Å². The number of amides is 1. The van der Waals surface area contributed by atoms with Crippen LogP contribution in [0.25, 0.3) is 0 Å². The lowest BCUT2D eigenvalue weighted by Crippen LogP contribution is -2.46. The molecule has 1 saturated heterocycles. The fourth-order valence-corrected chi connectivity index (χ4v) is 5.86. The van der Waals surface area contributed by atoms with Crippen LogP contribution in [0.3, 0.4) is 0 Å². The normalized spacial score (nSPS) is 26.8. The molecule has 0 aromatic rings. The van der Waals surface area contributed by atoms with Crippen molar-refractivity contribution in [3.63, 3.8) is 0 Å². The highest BCUT2D eigenvalue weighted by molar-refractivity contribution is 5.92. The van der Waals surface area contributed by atoms with Gasteiger partial charge in [-0.3, -0.25) is 14.7 Å². The quantitative estimate of drug-likeness (QED) is 0.599. The van der Waals surface area contributed by atoms with Crippen molar-refractivity contribution in [1.82, 2.24) is 14.7 Å². The lowest BCUT2D eigenvalue weighted by atomic mass is 9.84. The van der Waals surface area contributed by atoms with Gasteiger partial charge in [0.05, 0.1) is 18.0 Å². The summed E-state index contributed by atoms with van der Waals surface area (Å²) in [4.78, 5) is 25.2. The molecule has 5 rings (SSSR count). The maximum Gasteiger partial charge on any atom is 0.255 e. The van der Waals surface area contributed by atoms with Gasteiger partial charge in [-0.25, -0.2) is 0 Å². The molecule has 4 aliphatic heterocycles. The zero-order valence-corrected chi connectivity index (χ0v) is 22.5. The third-order valence-electron chi connectivity index (χ3n) is 8.25. The number of piperazine rings is 1. The van der Waals surface area contributed by atoms with Gasteiger partial charge in [0.15, 0.2) is 0 Å². The zero-order chi connectivity index (χ0) is 25.9. The van der Waals surface area contributed by atoms with E-state index in [0.29, 0.717) is 0 Å². The molecule has 6 nitrogen and oxygen atoms in total. The lowest BCUT2D eigenvalue weighted by molar-refractivity contribution is -0.122. The first kappa shape index (κ1) is 25.7. The molecule has 0 radical (unpaired) electrons. The number of hydrogen-bond acceptors (Lipinski definition) is 5. The van der Waals surface area contributed by atoms with E-state index in [1.54, 1.807) is 0 Å². The number of carbonyl (C=O) groups is 1. The largest absolute Gasteiger partial charge is 0.392 e. The van der Waals surface area contributed by atoms with Crippen molar-refractivity contribution < 1.29 is 9.90 Å². The number of fused-ring (bicyclic) bond motifs is 1. The van der Waals surface area contributed by atoms with Crippen LogP contribution in [0.5, 0.6) is 0 Å². The van der Waals surface area contributed by atoms with Gasteiger partial charge in [-0.2, -0.15) is 0 Å². The highest BCUT2D eigenvalue weighted by atomic mass is 16.3. The molecule has 1 unspecified atom stereocenters. The smallest absolute Gasteiger partial charge is 0.255 e. The molecule has 196 valence electrons. The summed E-state index contributed by atoms with van der Waals surface area (Å²) in [7, 11) is 0. The monoisotopic (exact) mass is 500 g/mol. The number of nitrogens with zero attached hydrogens (tertiary/aromatic N) is 4. The Kier molecular flexibility index (Phi) is 7.77. The van der Waals surface area contributed by atoms with Crippen LogP contribution in [0.15, 0.2) is 87.0 Å². The van der Waals surface area contributed by atoms with Gasteiger partial charge in [-0.05, 0) is 86.4 Å². The Morgan fingerprint density at radius 2 is 1.81 bits per heavy atom. The van der Waals surface area contributed by atoms with E-state index in [-0.39, 0.29) is 18.4 Å². The Bertz CT molecular complexity index is 1190. The molecule has 0 bridgehead atoms. The molecular formula is C31H40N4O2. The van der Waals surface area contributed by atoms with Crippen molar-refractivity contribution >= 4 is 11.6 Å². The number of aliphatic imine (C=N–C) groups is 1. The van der Waals surface area contributed by atoms with Crippen molar-refractivity contribution in [1.29, 1.82) is 0 Å². The van der Waals surface area contributed by atoms with Gasteiger partial charge in [-0.15, -0.1) is 0 Å². The second-order valence-corrected chi connectivity index (χ2v) is 10.7. The van der Waals surface area contributed by atoms with Crippen molar-refractivity contribution in [2.75, 3.05) is 39.3 Å². The Morgan fingerprint density at radius 3 is 2.57 bits per heavy atom. The first-order valence-electron chi connectivity index (χ1n) is 13.9. The maximum atomic E-state index is 13.7. The van der Waals surface area contributed by atoms with Crippen LogP contribution in [-0.2, 0) is 4.79 Å². The van der Waals surface area contributed by atoms with Crippen LogP contribution in [0.1, 0.15) is 52.9 Å². The first-order valence-corrected chi connectivity index (χ1v) is 13.9. The first-order chi connectivity index (χ1) is 18.0. The summed E-state index contributed by atoms with van der Waals surface area (Å²) in [6.45, 7) is 11.5.